The Bertz CT molecular complexity index is 590. The van der Waals surface area contributed by atoms with Gasteiger partial charge in [0, 0.05) is 12.6 Å². The van der Waals surface area contributed by atoms with E-state index in [0.29, 0.717) is 5.75 Å². The molecule has 5 heteroatoms. The maximum atomic E-state index is 12.1. The fourth-order valence-electron chi connectivity index (χ4n) is 1.87. The second-order valence-corrected chi connectivity index (χ2v) is 5.69. The normalized spacial score (nSPS) is 10.8. The summed E-state index contributed by atoms with van der Waals surface area (Å²) in [5.41, 5.74) is 2.04. The van der Waals surface area contributed by atoms with E-state index < -0.39 is 0 Å². The van der Waals surface area contributed by atoms with Crippen LogP contribution in [0.2, 0.25) is 0 Å². The molecule has 0 amide bonds. The summed E-state index contributed by atoms with van der Waals surface area (Å²) in [6.07, 6.45) is 2.18. The number of hydrogen-bond donors (Lipinski definition) is 0. The van der Waals surface area contributed by atoms with Gasteiger partial charge in [0.25, 0.3) is 0 Å². The second-order valence-electron chi connectivity index (χ2n) is 4.75. The molecule has 0 fully saturated rings. The topological polar surface area (TPSA) is 47.8 Å². The molecular formula is C15H19N3OS. The molecule has 1 heterocycles. The molecule has 0 aliphatic rings. The molecule has 0 atom stereocenters. The molecule has 0 saturated heterocycles. The molecule has 20 heavy (non-hydrogen) atoms. The lowest BCUT2D eigenvalue weighted by atomic mass is 10.1. The first-order valence-electron chi connectivity index (χ1n) is 6.72. The Morgan fingerprint density at radius 3 is 2.50 bits per heavy atom. The van der Waals surface area contributed by atoms with Gasteiger partial charge in [0.15, 0.2) is 10.9 Å². The number of nitrogens with zero attached hydrogens (tertiary/aromatic N) is 3. The van der Waals surface area contributed by atoms with Crippen molar-refractivity contribution in [3.63, 3.8) is 0 Å². The van der Waals surface area contributed by atoms with Gasteiger partial charge < -0.3 is 4.57 Å². The summed E-state index contributed by atoms with van der Waals surface area (Å²) < 4.78 is 1.89. The number of carbonyl (C=O) groups excluding carboxylic acids is 1. The SMILES string of the molecule is CCCc1ccc(C(=O)CSc2nnc(C)n2C)cc1. The molecule has 0 N–H and O–H groups in total. The van der Waals surface area contributed by atoms with Crippen molar-refractivity contribution in [1.29, 1.82) is 0 Å². The molecule has 1 aromatic heterocycles. The Balaban J connectivity index is 1.96. The first kappa shape index (κ1) is 14.8. The Kier molecular flexibility index (Phi) is 4.95. The average Bonchev–Trinajstić information content (AvgIpc) is 2.77. The molecule has 0 aliphatic heterocycles. The molecule has 1 aromatic carbocycles. The summed E-state index contributed by atoms with van der Waals surface area (Å²) in [4.78, 5) is 12.1. The van der Waals surface area contributed by atoms with Crippen molar-refractivity contribution in [3.05, 3.63) is 41.2 Å². The van der Waals surface area contributed by atoms with Crippen molar-refractivity contribution >= 4 is 17.5 Å². The van der Waals surface area contributed by atoms with E-state index in [-0.39, 0.29) is 5.78 Å². The minimum Gasteiger partial charge on any atom is -0.309 e. The van der Waals surface area contributed by atoms with Gasteiger partial charge in [0.2, 0.25) is 0 Å². The summed E-state index contributed by atoms with van der Waals surface area (Å²) in [7, 11) is 1.90. The number of thioether (sulfide) groups is 1. The molecule has 0 unspecified atom stereocenters. The first-order valence-corrected chi connectivity index (χ1v) is 7.71. The van der Waals surface area contributed by atoms with Gasteiger partial charge in [0.1, 0.15) is 5.82 Å². The zero-order valence-corrected chi connectivity index (χ0v) is 12.9. The smallest absolute Gasteiger partial charge is 0.191 e. The molecule has 2 aromatic rings. The van der Waals surface area contributed by atoms with E-state index in [1.54, 1.807) is 0 Å². The number of benzene rings is 1. The fraction of sp³-hybridized carbons (Fsp3) is 0.400. The first-order chi connectivity index (χ1) is 9.61. The van der Waals surface area contributed by atoms with Gasteiger partial charge >= 0.3 is 0 Å². The van der Waals surface area contributed by atoms with E-state index in [9.17, 15) is 4.79 Å². The third-order valence-corrected chi connectivity index (χ3v) is 4.22. The van der Waals surface area contributed by atoms with Crippen molar-refractivity contribution in [2.75, 3.05) is 5.75 Å². The highest BCUT2D eigenvalue weighted by atomic mass is 32.2. The largest absolute Gasteiger partial charge is 0.309 e. The Hall–Kier alpha value is -1.62. The van der Waals surface area contributed by atoms with E-state index in [4.69, 9.17) is 0 Å². The van der Waals surface area contributed by atoms with Crippen LogP contribution >= 0.6 is 11.8 Å². The van der Waals surface area contributed by atoms with Gasteiger partial charge in [0.05, 0.1) is 5.75 Å². The van der Waals surface area contributed by atoms with Crippen molar-refractivity contribution in [2.24, 2.45) is 7.05 Å². The molecule has 4 nitrogen and oxygen atoms in total. The van der Waals surface area contributed by atoms with Gasteiger partial charge in [-0.25, -0.2) is 0 Å². The summed E-state index contributed by atoms with van der Waals surface area (Å²) in [6, 6.07) is 7.90. The monoisotopic (exact) mass is 289 g/mol. The lowest BCUT2D eigenvalue weighted by Gasteiger charge is -2.03. The van der Waals surface area contributed by atoms with Gasteiger partial charge in [-0.05, 0) is 18.9 Å². The van der Waals surface area contributed by atoms with Crippen LogP contribution in [0.5, 0.6) is 0 Å². The Morgan fingerprint density at radius 1 is 1.25 bits per heavy atom. The summed E-state index contributed by atoms with van der Waals surface area (Å²) in [5.74, 6) is 1.36. The third-order valence-electron chi connectivity index (χ3n) is 3.20. The highest BCUT2D eigenvalue weighted by molar-refractivity contribution is 7.99. The maximum Gasteiger partial charge on any atom is 0.191 e. The number of ketones is 1. The van der Waals surface area contributed by atoms with Crippen LogP contribution in [0, 0.1) is 6.92 Å². The zero-order chi connectivity index (χ0) is 14.5. The van der Waals surface area contributed by atoms with Crippen LogP contribution < -0.4 is 0 Å². The Labute approximate surface area is 123 Å². The number of hydrogen-bond acceptors (Lipinski definition) is 4. The lowest BCUT2D eigenvalue weighted by Crippen LogP contribution is -2.04. The number of Topliss-reactive ketones (excluding diaryl/α,β-unsaturated/α-hetero) is 1. The molecule has 106 valence electrons. The molecule has 0 aliphatic carbocycles. The van der Waals surface area contributed by atoms with Crippen molar-refractivity contribution in [2.45, 2.75) is 31.8 Å². The quantitative estimate of drug-likeness (QED) is 0.606. The maximum absolute atomic E-state index is 12.1. The minimum atomic E-state index is 0.124. The van der Waals surface area contributed by atoms with Crippen LogP contribution in [-0.2, 0) is 13.5 Å². The van der Waals surface area contributed by atoms with Crippen LogP contribution in [0.25, 0.3) is 0 Å². The number of aryl methyl sites for hydroxylation is 2. The molecule has 0 radical (unpaired) electrons. The van der Waals surface area contributed by atoms with E-state index in [2.05, 4.69) is 17.1 Å². The van der Waals surface area contributed by atoms with Crippen molar-refractivity contribution in [1.82, 2.24) is 14.8 Å². The van der Waals surface area contributed by atoms with Crippen LogP contribution in [0.4, 0.5) is 0 Å². The average molecular weight is 289 g/mol. The summed E-state index contributed by atoms with van der Waals surface area (Å²) >= 11 is 1.43. The molecule has 0 bridgehead atoms. The van der Waals surface area contributed by atoms with Crippen molar-refractivity contribution in [3.8, 4) is 0 Å². The zero-order valence-electron chi connectivity index (χ0n) is 12.1. The molecule has 2 rings (SSSR count). The van der Waals surface area contributed by atoms with Gasteiger partial charge in [-0.3, -0.25) is 4.79 Å². The fourth-order valence-corrected chi connectivity index (χ4v) is 2.72. The Morgan fingerprint density at radius 2 is 1.95 bits per heavy atom. The van der Waals surface area contributed by atoms with Gasteiger partial charge in [-0.15, -0.1) is 10.2 Å². The van der Waals surface area contributed by atoms with Crippen LogP contribution in [-0.4, -0.2) is 26.3 Å². The highest BCUT2D eigenvalue weighted by Crippen LogP contribution is 2.17. The third kappa shape index (κ3) is 3.48. The number of aromatic nitrogens is 3. The molecule has 0 spiro atoms. The van der Waals surface area contributed by atoms with Crippen LogP contribution in [0.15, 0.2) is 29.4 Å². The standard InChI is InChI=1S/C15H19N3OS/c1-4-5-12-6-8-13(9-7-12)14(19)10-20-15-17-16-11(2)18(15)3/h6-9H,4-5,10H2,1-3H3. The summed E-state index contributed by atoms with van der Waals surface area (Å²) in [5, 5.41) is 8.80. The van der Waals surface area contributed by atoms with E-state index in [0.717, 1.165) is 29.4 Å². The number of carbonyl (C=O) groups is 1. The molecule has 0 saturated carbocycles. The predicted octanol–water partition coefficient (Wildman–Crippen LogP) is 3.05. The van der Waals surface area contributed by atoms with Crippen molar-refractivity contribution < 1.29 is 4.79 Å². The molecular weight excluding hydrogens is 270 g/mol. The predicted molar refractivity (Wildman–Crippen MR) is 81.2 cm³/mol. The highest BCUT2D eigenvalue weighted by Gasteiger charge is 2.10. The minimum absolute atomic E-state index is 0.124. The van der Waals surface area contributed by atoms with Crippen LogP contribution in [0.1, 0.15) is 35.1 Å². The number of rotatable bonds is 6. The van der Waals surface area contributed by atoms with Crippen LogP contribution in [0.3, 0.4) is 0 Å². The summed E-state index contributed by atoms with van der Waals surface area (Å²) in [6.45, 7) is 4.05. The van der Waals surface area contributed by atoms with E-state index in [1.807, 2.05) is 42.8 Å². The lowest BCUT2D eigenvalue weighted by molar-refractivity contribution is 0.102. The van der Waals surface area contributed by atoms with E-state index >= 15 is 0 Å². The van der Waals surface area contributed by atoms with Gasteiger partial charge in [-0.1, -0.05) is 49.4 Å². The second kappa shape index (κ2) is 6.70. The van der Waals surface area contributed by atoms with E-state index in [1.165, 1.54) is 17.3 Å². The van der Waals surface area contributed by atoms with Gasteiger partial charge in [-0.2, -0.15) is 0 Å².